The molecule has 0 radical (unpaired) electrons. The molecule has 7 heteroatoms. The van der Waals surface area contributed by atoms with E-state index < -0.39 is 16.1 Å². The molecule has 4 heterocycles. The van der Waals surface area contributed by atoms with Crippen LogP contribution in [0.4, 0.5) is 34.1 Å². The third-order valence-electron chi connectivity index (χ3n) is 19.6. The number of benzene rings is 14. The van der Waals surface area contributed by atoms with E-state index in [1.54, 1.807) is 0 Å². The molecule has 14 aromatic carbocycles. The standard InChI is InChI=1S/C84H58BN3OSi2/c1-7-31-62(32-8-1)90(63-33-9-2-10-34-63,64-35-11-3-12-36-64)68-43-27-29-59(53-68)86-78-51-25-22-48-74(78)85-75-58-83-73(72-47-21-26-52-82(72)89-83)57-79(75)87(81-56-61(55-80(86)84(81)85)88-76-49-23-19-45-70(76)71-46-20-24-50-77(71)88)60-30-28-44-69(54-60)91(65-37-13-4-14-38-65,66-39-15-5-16-40-66)67-41-17-6-18-42-67/h1-58H. The third-order valence-corrected chi connectivity index (χ3v) is 29.2. The number of fused-ring (bicyclic) bond motifs is 10. The van der Waals surface area contributed by atoms with Gasteiger partial charge >= 0.3 is 0 Å². The van der Waals surface area contributed by atoms with Crippen LogP contribution in [0.1, 0.15) is 0 Å². The maximum Gasteiger partial charge on any atom is 0.252 e. The first kappa shape index (κ1) is 52.9. The number of para-hydroxylation sites is 4. The molecule has 0 N–H and O–H groups in total. The van der Waals surface area contributed by atoms with E-state index in [1.807, 2.05) is 0 Å². The average Bonchev–Trinajstić information content (AvgIpc) is 1.43. The van der Waals surface area contributed by atoms with Gasteiger partial charge in [-0.25, -0.2) is 0 Å². The lowest BCUT2D eigenvalue weighted by Gasteiger charge is -2.45. The largest absolute Gasteiger partial charge is 0.456 e. The Kier molecular flexibility index (Phi) is 12.3. The zero-order valence-electron chi connectivity index (χ0n) is 49.8. The first-order chi connectivity index (χ1) is 45.2. The lowest BCUT2D eigenvalue weighted by molar-refractivity contribution is 0.669. The molecular formula is C84H58BN3OSi2. The van der Waals surface area contributed by atoms with Gasteiger partial charge in [-0.2, -0.15) is 0 Å². The number of aromatic nitrogens is 1. The quantitative estimate of drug-likeness (QED) is 0.0953. The number of furan rings is 1. The fourth-order valence-corrected chi connectivity index (χ4v) is 25.5. The van der Waals surface area contributed by atoms with E-state index in [4.69, 9.17) is 4.42 Å². The topological polar surface area (TPSA) is 24.6 Å². The minimum absolute atomic E-state index is 0.183. The van der Waals surface area contributed by atoms with Crippen LogP contribution in [-0.2, 0) is 0 Å². The fraction of sp³-hybridized carbons (Fsp3) is 0. The predicted octanol–water partition coefficient (Wildman–Crippen LogP) is 13.5. The molecule has 91 heavy (non-hydrogen) atoms. The van der Waals surface area contributed by atoms with Crippen molar-refractivity contribution in [1.82, 2.24) is 4.57 Å². The summed E-state index contributed by atoms with van der Waals surface area (Å²) in [6.07, 6.45) is 0. The Morgan fingerprint density at radius 1 is 0.242 bits per heavy atom. The van der Waals surface area contributed by atoms with Crippen LogP contribution in [0.2, 0.25) is 0 Å². The summed E-state index contributed by atoms with van der Waals surface area (Å²) < 4.78 is 9.47. The van der Waals surface area contributed by atoms with Crippen LogP contribution in [0.3, 0.4) is 0 Å². The van der Waals surface area contributed by atoms with E-state index in [-0.39, 0.29) is 6.71 Å². The zero-order valence-corrected chi connectivity index (χ0v) is 51.8. The number of hydrogen-bond acceptors (Lipinski definition) is 3. The van der Waals surface area contributed by atoms with Gasteiger partial charge in [0.05, 0.1) is 16.7 Å². The van der Waals surface area contributed by atoms with E-state index in [9.17, 15) is 0 Å². The van der Waals surface area contributed by atoms with Crippen LogP contribution < -0.4 is 67.7 Å². The van der Waals surface area contributed by atoms with Crippen LogP contribution in [0, 0.1) is 0 Å². The first-order valence-corrected chi connectivity index (χ1v) is 35.5. The van der Waals surface area contributed by atoms with Gasteiger partial charge in [-0.3, -0.25) is 0 Å². The summed E-state index contributed by atoms with van der Waals surface area (Å²) in [5, 5.41) is 15.2. The maximum atomic E-state index is 6.96. The first-order valence-electron chi connectivity index (χ1n) is 31.5. The molecule has 2 aromatic heterocycles. The van der Waals surface area contributed by atoms with Crippen molar-refractivity contribution in [1.29, 1.82) is 0 Å². The number of hydrogen-bond donors (Lipinski definition) is 0. The summed E-state index contributed by atoms with van der Waals surface area (Å²) in [6, 6.07) is 132. The second-order valence-electron chi connectivity index (χ2n) is 24.2. The molecule has 2 aliphatic heterocycles. The van der Waals surface area contributed by atoms with Crippen molar-refractivity contribution in [2.45, 2.75) is 0 Å². The van der Waals surface area contributed by atoms with Crippen molar-refractivity contribution >= 4 is 159 Å². The molecule has 0 aliphatic carbocycles. The van der Waals surface area contributed by atoms with E-state index in [0.29, 0.717) is 0 Å². The minimum atomic E-state index is -3.03. The molecule has 426 valence electrons. The van der Waals surface area contributed by atoms with Crippen molar-refractivity contribution < 1.29 is 4.42 Å². The van der Waals surface area contributed by atoms with Gasteiger partial charge in [0.25, 0.3) is 6.71 Å². The van der Waals surface area contributed by atoms with E-state index in [2.05, 4.69) is 366 Å². The fourth-order valence-electron chi connectivity index (χ4n) is 15.9. The highest BCUT2D eigenvalue weighted by Gasteiger charge is 2.47. The van der Waals surface area contributed by atoms with Crippen molar-refractivity contribution in [3.05, 3.63) is 352 Å². The Balaban J connectivity index is 0.968. The molecule has 0 saturated carbocycles. The normalized spacial score (nSPS) is 12.8. The van der Waals surface area contributed by atoms with Crippen LogP contribution in [0.15, 0.2) is 356 Å². The van der Waals surface area contributed by atoms with Gasteiger partial charge in [0.2, 0.25) is 0 Å². The molecule has 2 aliphatic rings. The molecule has 0 fully saturated rings. The zero-order chi connectivity index (χ0) is 60.0. The van der Waals surface area contributed by atoms with Gasteiger partial charge in [0.15, 0.2) is 16.1 Å². The molecule has 0 saturated heterocycles. The molecule has 16 aromatic rings. The van der Waals surface area contributed by atoms with E-state index >= 15 is 0 Å². The molecule has 0 atom stereocenters. The summed E-state index contributed by atoms with van der Waals surface area (Å²) in [4.78, 5) is 5.22. The molecule has 0 unspecified atom stereocenters. The summed E-state index contributed by atoms with van der Waals surface area (Å²) in [7, 11) is -6.03. The highest BCUT2D eigenvalue weighted by molar-refractivity contribution is 7.20. The van der Waals surface area contributed by atoms with Crippen LogP contribution in [0.5, 0.6) is 0 Å². The van der Waals surface area contributed by atoms with Crippen molar-refractivity contribution in [2.75, 3.05) is 9.80 Å². The van der Waals surface area contributed by atoms with Gasteiger partial charge < -0.3 is 18.8 Å². The molecule has 4 nitrogen and oxygen atoms in total. The molecule has 18 rings (SSSR count). The Morgan fingerprint density at radius 2 is 0.626 bits per heavy atom. The Morgan fingerprint density at radius 3 is 1.10 bits per heavy atom. The minimum Gasteiger partial charge on any atom is -0.456 e. The number of rotatable bonds is 11. The van der Waals surface area contributed by atoms with Gasteiger partial charge in [0, 0.05) is 55.7 Å². The summed E-state index contributed by atoms with van der Waals surface area (Å²) >= 11 is 0. The smallest absolute Gasteiger partial charge is 0.252 e. The lowest BCUT2D eigenvalue weighted by Crippen LogP contribution is -2.74. The Labute approximate surface area is 531 Å². The summed E-state index contributed by atoms with van der Waals surface area (Å²) in [6.45, 7) is -0.183. The van der Waals surface area contributed by atoms with E-state index in [1.165, 1.54) is 68.7 Å². The SMILES string of the molecule is c1ccc([Si](c2ccccc2)(c2ccccc2)c2cccc(N3c4ccccc4B4c5cc6oc7ccccc7c6cc5N(c5cccc([Si](c6ccccc6)(c6ccccc6)c6ccccc6)c5)c5cc(-n6c7ccccc7c7ccccc76)cc3c54)c2)cc1. The van der Waals surface area contributed by atoms with Crippen molar-refractivity contribution in [3.8, 4) is 5.69 Å². The van der Waals surface area contributed by atoms with Gasteiger partial charge in [0.1, 0.15) is 11.2 Å². The van der Waals surface area contributed by atoms with Gasteiger partial charge in [-0.05, 0) is 131 Å². The Bertz CT molecular complexity index is 5200. The van der Waals surface area contributed by atoms with Crippen LogP contribution >= 0.6 is 0 Å². The molecular weight excluding hydrogens is 1130 g/mol. The second kappa shape index (κ2) is 21.2. The predicted molar refractivity (Wildman–Crippen MR) is 389 cm³/mol. The summed E-state index contributed by atoms with van der Waals surface area (Å²) in [5.74, 6) is 0. The number of nitrogens with zero attached hydrogens (tertiary/aromatic N) is 3. The second-order valence-corrected chi connectivity index (χ2v) is 31.9. The van der Waals surface area contributed by atoms with Gasteiger partial charge in [-0.15, -0.1) is 0 Å². The van der Waals surface area contributed by atoms with E-state index in [0.717, 1.165) is 72.8 Å². The molecule has 0 amide bonds. The van der Waals surface area contributed by atoms with Crippen molar-refractivity contribution in [2.24, 2.45) is 0 Å². The average molecular weight is 1190 g/mol. The number of anilines is 6. The molecule has 0 bridgehead atoms. The lowest BCUT2D eigenvalue weighted by atomic mass is 9.33. The van der Waals surface area contributed by atoms with Gasteiger partial charge in [-0.1, -0.05) is 279 Å². The summed E-state index contributed by atoms with van der Waals surface area (Å²) in [5.41, 5.74) is 15.5. The highest BCUT2D eigenvalue weighted by Crippen LogP contribution is 2.47. The van der Waals surface area contributed by atoms with Crippen molar-refractivity contribution in [3.63, 3.8) is 0 Å². The highest BCUT2D eigenvalue weighted by atomic mass is 28.3. The van der Waals surface area contributed by atoms with Crippen LogP contribution in [-0.4, -0.2) is 27.4 Å². The van der Waals surface area contributed by atoms with Crippen LogP contribution in [0.25, 0.3) is 49.4 Å². The third kappa shape index (κ3) is 8.01. The maximum absolute atomic E-state index is 6.96. The monoisotopic (exact) mass is 1190 g/mol. The molecule has 0 spiro atoms. The Hall–Kier alpha value is -11.2.